The lowest BCUT2D eigenvalue weighted by Gasteiger charge is -2.11. The summed E-state index contributed by atoms with van der Waals surface area (Å²) in [6.07, 6.45) is 2.15. The van der Waals surface area contributed by atoms with Crippen LogP contribution < -0.4 is 5.32 Å². The van der Waals surface area contributed by atoms with Gasteiger partial charge in [-0.3, -0.25) is 4.79 Å². The first-order valence-corrected chi connectivity index (χ1v) is 9.53. The Hall–Kier alpha value is -2.17. The number of hydrogen-bond acceptors (Lipinski definition) is 3. The molecule has 1 amide bonds. The maximum absolute atomic E-state index is 12.1. The predicted octanol–water partition coefficient (Wildman–Crippen LogP) is 3.94. The highest BCUT2D eigenvalue weighted by molar-refractivity contribution is 7.17. The first kappa shape index (κ1) is 17.6. The quantitative estimate of drug-likeness (QED) is 0.644. The van der Waals surface area contributed by atoms with Crippen LogP contribution >= 0.6 is 11.3 Å². The molecule has 0 saturated heterocycles. The molecule has 0 spiro atoms. The summed E-state index contributed by atoms with van der Waals surface area (Å²) in [5, 5.41) is 16.2. The summed E-state index contributed by atoms with van der Waals surface area (Å²) in [5.74, 6) is 0.00448. The lowest BCUT2D eigenvalue weighted by Crippen LogP contribution is -2.28. The molecule has 2 aromatic carbocycles. The molecule has 0 bridgehead atoms. The van der Waals surface area contributed by atoms with Gasteiger partial charge in [0.1, 0.15) is 0 Å². The molecule has 2 N–H and O–H groups in total. The highest BCUT2D eigenvalue weighted by atomic mass is 32.1. The number of rotatable bonds is 8. The molecule has 1 unspecified atom stereocenters. The van der Waals surface area contributed by atoms with E-state index in [9.17, 15) is 9.90 Å². The predicted molar refractivity (Wildman–Crippen MR) is 104 cm³/mol. The van der Waals surface area contributed by atoms with Gasteiger partial charge in [0.05, 0.1) is 12.5 Å². The first-order chi connectivity index (χ1) is 12.2. The number of nitrogens with one attached hydrogen (secondary N) is 1. The van der Waals surface area contributed by atoms with Crippen LogP contribution in [-0.2, 0) is 17.6 Å². The van der Waals surface area contributed by atoms with Gasteiger partial charge in [0.15, 0.2) is 0 Å². The van der Waals surface area contributed by atoms with Gasteiger partial charge >= 0.3 is 0 Å². The second-order valence-corrected chi connectivity index (χ2v) is 7.23. The Balaban J connectivity index is 1.37. The fourth-order valence-corrected chi connectivity index (χ4v) is 3.65. The molecule has 25 heavy (non-hydrogen) atoms. The van der Waals surface area contributed by atoms with Crippen LogP contribution in [0.15, 0.2) is 60.0 Å². The Morgan fingerprint density at radius 2 is 1.88 bits per heavy atom. The molecule has 3 rings (SSSR count). The molecule has 130 valence electrons. The Morgan fingerprint density at radius 1 is 1.04 bits per heavy atom. The Bertz CT molecular complexity index is 813. The molecule has 0 aliphatic heterocycles. The van der Waals surface area contributed by atoms with Crippen LogP contribution in [0.3, 0.4) is 0 Å². The minimum Gasteiger partial charge on any atom is -0.393 e. The third-order valence-electron chi connectivity index (χ3n) is 4.29. The van der Waals surface area contributed by atoms with E-state index >= 15 is 0 Å². The van der Waals surface area contributed by atoms with Crippen LogP contribution in [0, 0.1) is 0 Å². The van der Waals surface area contributed by atoms with Crippen molar-refractivity contribution in [1.29, 1.82) is 0 Å². The van der Waals surface area contributed by atoms with E-state index in [0.717, 1.165) is 12.0 Å². The average Bonchev–Trinajstić information content (AvgIpc) is 3.08. The fourth-order valence-electron chi connectivity index (χ4n) is 2.87. The standard InChI is InChI=1S/C21H23NO2S/c23-19(8-6-16-4-2-1-3-5-16)10-12-22-21(24)15-17-7-9-20-18(14-17)11-13-25-20/h1-5,7,9,11,13-14,19,23H,6,8,10,12,15H2,(H,22,24). The zero-order chi connectivity index (χ0) is 17.5. The second kappa shape index (κ2) is 8.79. The van der Waals surface area contributed by atoms with Gasteiger partial charge < -0.3 is 10.4 Å². The molecule has 1 heterocycles. The minimum absolute atomic E-state index is 0.00448. The van der Waals surface area contributed by atoms with Gasteiger partial charge in [-0.15, -0.1) is 11.3 Å². The number of fused-ring (bicyclic) bond motifs is 1. The Labute approximate surface area is 152 Å². The third-order valence-corrected chi connectivity index (χ3v) is 5.19. The molecule has 3 aromatic rings. The van der Waals surface area contributed by atoms with Crippen molar-refractivity contribution in [2.75, 3.05) is 6.54 Å². The molecule has 0 aliphatic rings. The molecule has 4 heteroatoms. The molecule has 0 aliphatic carbocycles. The Kier molecular flexibility index (Phi) is 6.20. The minimum atomic E-state index is -0.386. The highest BCUT2D eigenvalue weighted by Gasteiger charge is 2.08. The van der Waals surface area contributed by atoms with Gasteiger partial charge in [-0.1, -0.05) is 36.4 Å². The van der Waals surface area contributed by atoms with E-state index < -0.39 is 0 Å². The van der Waals surface area contributed by atoms with Gasteiger partial charge in [-0.05, 0) is 59.4 Å². The number of thiophene rings is 1. The number of carbonyl (C=O) groups is 1. The zero-order valence-corrected chi connectivity index (χ0v) is 15.0. The molecular formula is C21H23NO2S. The van der Waals surface area contributed by atoms with Gasteiger partial charge in [0.2, 0.25) is 5.91 Å². The lowest BCUT2D eigenvalue weighted by molar-refractivity contribution is -0.120. The van der Waals surface area contributed by atoms with Crippen molar-refractivity contribution < 1.29 is 9.90 Å². The van der Waals surface area contributed by atoms with Crippen molar-refractivity contribution in [2.24, 2.45) is 0 Å². The smallest absolute Gasteiger partial charge is 0.224 e. The topological polar surface area (TPSA) is 49.3 Å². The van der Waals surface area contributed by atoms with E-state index in [1.807, 2.05) is 24.3 Å². The third kappa shape index (κ3) is 5.41. The van der Waals surface area contributed by atoms with Crippen LogP contribution in [0.5, 0.6) is 0 Å². The van der Waals surface area contributed by atoms with Gasteiger partial charge in [-0.2, -0.15) is 0 Å². The molecule has 0 radical (unpaired) electrons. The maximum Gasteiger partial charge on any atom is 0.224 e. The van der Waals surface area contributed by atoms with Crippen molar-refractivity contribution in [3.8, 4) is 0 Å². The van der Waals surface area contributed by atoms with E-state index in [1.54, 1.807) is 11.3 Å². The zero-order valence-electron chi connectivity index (χ0n) is 14.2. The fraction of sp³-hybridized carbons (Fsp3) is 0.286. The van der Waals surface area contributed by atoms with Crippen LogP contribution in [0.25, 0.3) is 10.1 Å². The summed E-state index contributed by atoms with van der Waals surface area (Å²) in [6, 6.07) is 18.4. The number of amides is 1. The normalized spacial score (nSPS) is 12.2. The first-order valence-electron chi connectivity index (χ1n) is 8.65. The number of hydrogen-bond donors (Lipinski definition) is 2. The van der Waals surface area contributed by atoms with Crippen LogP contribution in [0.2, 0.25) is 0 Å². The van der Waals surface area contributed by atoms with E-state index in [4.69, 9.17) is 0 Å². The summed E-state index contributed by atoms with van der Waals surface area (Å²) in [5.41, 5.74) is 2.25. The summed E-state index contributed by atoms with van der Waals surface area (Å²) < 4.78 is 1.24. The monoisotopic (exact) mass is 353 g/mol. The number of aryl methyl sites for hydroxylation is 1. The van der Waals surface area contributed by atoms with Gasteiger partial charge in [0, 0.05) is 11.2 Å². The number of aliphatic hydroxyl groups excluding tert-OH is 1. The molecule has 0 saturated carbocycles. The van der Waals surface area contributed by atoms with Crippen molar-refractivity contribution in [3.63, 3.8) is 0 Å². The van der Waals surface area contributed by atoms with Crippen LogP contribution in [0.1, 0.15) is 24.0 Å². The SMILES string of the molecule is O=C(Cc1ccc2sccc2c1)NCCC(O)CCc1ccccc1. The molecule has 1 atom stereocenters. The van der Waals surface area contributed by atoms with Gasteiger partial charge in [-0.25, -0.2) is 0 Å². The number of carbonyl (C=O) groups excluding carboxylic acids is 1. The number of benzene rings is 2. The maximum atomic E-state index is 12.1. The van der Waals surface area contributed by atoms with E-state index in [-0.39, 0.29) is 12.0 Å². The number of aliphatic hydroxyl groups is 1. The average molecular weight is 353 g/mol. The Morgan fingerprint density at radius 3 is 2.72 bits per heavy atom. The lowest BCUT2D eigenvalue weighted by atomic mass is 10.1. The van der Waals surface area contributed by atoms with Gasteiger partial charge in [0.25, 0.3) is 0 Å². The summed E-state index contributed by atoms with van der Waals surface area (Å²) in [7, 11) is 0. The van der Waals surface area contributed by atoms with Crippen molar-refractivity contribution in [3.05, 3.63) is 71.1 Å². The summed E-state index contributed by atoms with van der Waals surface area (Å²) >= 11 is 1.71. The van der Waals surface area contributed by atoms with Crippen LogP contribution in [0.4, 0.5) is 0 Å². The van der Waals surface area contributed by atoms with Crippen LogP contribution in [-0.4, -0.2) is 23.7 Å². The second-order valence-electron chi connectivity index (χ2n) is 6.29. The van der Waals surface area contributed by atoms with Crippen molar-refractivity contribution in [2.45, 2.75) is 31.8 Å². The largest absolute Gasteiger partial charge is 0.393 e. The van der Waals surface area contributed by atoms with E-state index in [2.05, 4.69) is 41.0 Å². The van der Waals surface area contributed by atoms with E-state index in [0.29, 0.717) is 25.8 Å². The summed E-state index contributed by atoms with van der Waals surface area (Å²) in [4.78, 5) is 12.1. The molecule has 3 nitrogen and oxygen atoms in total. The molecule has 1 aromatic heterocycles. The van der Waals surface area contributed by atoms with E-state index in [1.165, 1.54) is 15.6 Å². The highest BCUT2D eigenvalue weighted by Crippen LogP contribution is 2.21. The summed E-state index contributed by atoms with van der Waals surface area (Å²) in [6.45, 7) is 0.509. The molecular weight excluding hydrogens is 330 g/mol. The van der Waals surface area contributed by atoms with Crippen molar-refractivity contribution >= 4 is 27.3 Å². The molecule has 0 fully saturated rings. The van der Waals surface area contributed by atoms with Crippen molar-refractivity contribution in [1.82, 2.24) is 5.32 Å².